The van der Waals surface area contributed by atoms with Crippen LogP contribution in [0.3, 0.4) is 0 Å². The first-order valence-electron chi connectivity index (χ1n) is 8.43. The molecule has 1 atom stereocenters. The molecule has 0 saturated carbocycles. The number of likely N-dealkylation sites (tertiary alicyclic amines) is 1. The third-order valence-electron chi connectivity index (χ3n) is 4.23. The molecule has 4 nitrogen and oxygen atoms in total. The SMILES string of the molecule is CCN1CCCC1CNCc1cccc(OC)c1OC(C)C. The second-order valence-corrected chi connectivity index (χ2v) is 6.17. The third kappa shape index (κ3) is 4.37. The fourth-order valence-electron chi connectivity index (χ4n) is 3.15. The van der Waals surface area contributed by atoms with Crippen LogP contribution in [0.2, 0.25) is 0 Å². The topological polar surface area (TPSA) is 33.7 Å². The van der Waals surface area contributed by atoms with Crippen LogP contribution in [-0.4, -0.2) is 43.8 Å². The van der Waals surface area contributed by atoms with Crippen molar-refractivity contribution in [2.45, 2.75) is 52.3 Å². The Morgan fingerprint density at radius 3 is 2.86 bits per heavy atom. The summed E-state index contributed by atoms with van der Waals surface area (Å²) in [6.45, 7) is 10.6. The van der Waals surface area contributed by atoms with Crippen molar-refractivity contribution in [3.05, 3.63) is 23.8 Å². The molecule has 22 heavy (non-hydrogen) atoms. The average molecular weight is 306 g/mol. The highest BCUT2D eigenvalue weighted by atomic mass is 16.5. The molecule has 0 aliphatic carbocycles. The van der Waals surface area contributed by atoms with Crippen LogP contribution in [0.5, 0.6) is 11.5 Å². The molecule has 1 unspecified atom stereocenters. The number of methoxy groups -OCH3 is 1. The van der Waals surface area contributed by atoms with Gasteiger partial charge in [-0.25, -0.2) is 0 Å². The van der Waals surface area contributed by atoms with Crippen LogP contribution in [0.25, 0.3) is 0 Å². The number of nitrogens with zero attached hydrogens (tertiary/aromatic N) is 1. The molecule has 0 bridgehead atoms. The molecule has 1 heterocycles. The molecular weight excluding hydrogens is 276 g/mol. The normalized spacial score (nSPS) is 18.9. The van der Waals surface area contributed by atoms with E-state index in [-0.39, 0.29) is 6.10 Å². The Kier molecular flexibility index (Phi) is 6.52. The summed E-state index contributed by atoms with van der Waals surface area (Å²) in [5.41, 5.74) is 1.16. The summed E-state index contributed by atoms with van der Waals surface area (Å²) in [6.07, 6.45) is 2.76. The van der Waals surface area contributed by atoms with Crippen molar-refractivity contribution in [1.82, 2.24) is 10.2 Å². The zero-order valence-corrected chi connectivity index (χ0v) is 14.4. The molecule has 124 valence electrons. The molecule has 1 aliphatic heterocycles. The quantitative estimate of drug-likeness (QED) is 0.800. The van der Waals surface area contributed by atoms with Crippen molar-refractivity contribution in [3.63, 3.8) is 0 Å². The van der Waals surface area contributed by atoms with Crippen molar-refractivity contribution in [3.8, 4) is 11.5 Å². The fourth-order valence-corrected chi connectivity index (χ4v) is 3.15. The number of nitrogens with one attached hydrogen (secondary N) is 1. The fraction of sp³-hybridized carbons (Fsp3) is 0.667. The lowest BCUT2D eigenvalue weighted by molar-refractivity contribution is 0.226. The van der Waals surface area contributed by atoms with Crippen molar-refractivity contribution in [1.29, 1.82) is 0 Å². The maximum atomic E-state index is 5.96. The van der Waals surface area contributed by atoms with Gasteiger partial charge in [-0.15, -0.1) is 0 Å². The lowest BCUT2D eigenvalue weighted by Gasteiger charge is -2.23. The minimum atomic E-state index is 0.139. The first-order valence-corrected chi connectivity index (χ1v) is 8.43. The third-order valence-corrected chi connectivity index (χ3v) is 4.23. The summed E-state index contributed by atoms with van der Waals surface area (Å²) in [5, 5.41) is 3.60. The maximum absolute atomic E-state index is 5.96. The molecule has 0 aromatic heterocycles. The van der Waals surface area contributed by atoms with E-state index in [1.807, 2.05) is 26.0 Å². The zero-order chi connectivity index (χ0) is 15.9. The van der Waals surface area contributed by atoms with Crippen molar-refractivity contribution >= 4 is 0 Å². The zero-order valence-electron chi connectivity index (χ0n) is 14.4. The molecule has 4 heteroatoms. The molecule has 1 N–H and O–H groups in total. The smallest absolute Gasteiger partial charge is 0.166 e. The number of likely N-dealkylation sites (N-methyl/N-ethyl adjacent to an activating group) is 1. The second kappa shape index (κ2) is 8.39. The predicted octanol–water partition coefficient (Wildman–Crippen LogP) is 3.06. The van der Waals surface area contributed by atoms with Gasteiger partial charge in [-0.3, -0.25) is 4.90 Å². The summed E-state index contributed by atoms with van der Waals surface area (Å²) >= 11 is 0. The highest BCUT2D eigenvalue weighted by Gasteiger charge is 2.22. The molecular formula is C18H30N2O2. The lowest BCUT2D eigenvalue weighted by atomic mass is 10.1. The van der Waals surface area contributed by atoms with Gasteiger partial charge in [-0.05, 0) is 45.8 Å². The largest absolute Gasteiger partial charge is 0.493 e. The Morgan fingerprint density at radius 1 is 1.36 bits per heavy atom. The summed E-state index contributed by atoms with van der Waals surface area (Å²) in [5.74, 6) is 1.68. The highest BCUT2D eigenvalue weighted by molar-refractivity contribution is 5.46. The molecule has 0 spiro atoms. The Bertz CT molecular complexity index is 462. The van der Waals surface area contributed by atoms with Crippen LogP contribution in [0.4, 0.5) is 0 Å². The molecule has 0 radical (unpaired) electrons. The van der Waals surface area contributed by atoms with Gasteiger partial charge in [0.25, 0.3) is 0 Å². The van der Waals surface area contributed by atoms with E-state index in [0.717, 1.165) is 36.7 Å². The maximum Gasteiger partial charge on any atom is 0.166 e. The molecule has 1 aliphatic rings. The van der Waals surface area contributed by atoms with E-state index in [1.54, 1.807) is 7.11 Å². The number of rotatable bonds is 8. The van der Waals surface area contributed by atoms with Crippen LogP contribution in [0.15, 0.2) is 18.2 Å². The van der Waals surface area contributed by atoms with Gasteiger partial charge >= 0.3 is 0 Å². The van der Waals surface area contributed by atoms with Crippen LogP contribution in [-0.2, 0) is 6.54 Å². The number of benzene rings is 1. The number of hydrogen-bond acceptors (Lipinski definition) is 4. The van der Waals surface area contributed by atoms with Gasteiger partial charge in [0.2, 0.25) is 0 Å². The van der Waals surface area contributed by atoms with Crippen LogP contribution >= 0.6 is 0 Å². The first kappa shape index (κ1) is 17.1. The van der Waals surface area contributed by atoms with Crippen LogP contribution < -0.4 is 14.8 Å². The number of hydrogen-bond donors (Lipinski definition) is 1. The van der Waals surface area contributed by atoms with Gasteiger partial charge in [-0.2, -0.15) is 0 Å². The van der Waals surface area contributed by atoms with Crippen LogP contribution in [0.1, 0.15) is 39.2 Å². The van der Waals surface area contributed by atoms with Gasteiger partial charge in [-0.1, -0.05) is 19.1 Å². The van der Waals surface area contributed by atoms with Gasteiger partial charge in [0.1, 0.15) is 0 Å². The molecule has 0 amide bonds. The molecule has 1 aromatic rings. The van der Waals surface area contributed by atoms with E-state index in [1.165, 1.54) is 19.4 Å². The Balaban J connectivity index is 1.97. The summed E-state index contributed by atoms with van der Waals surface area (Å²) in [7, 11) is 1.69. The summed E-state index contributed by atoms with van der Waals surface area (Å²) < 4.78 is 11.4. The molecule has 2 rings (SSSR count). The predicted molar refractivity (Wildman–Crippen MR) is 90.7 cm³/mol. The highest BCUT2D eigenvalue weighted by Crippen LogP contribution is 2.32. The summed E-state index contributed by atoms with van der Waals surface area (Å²) in [4.78, 5) is 2.56. The van der Waals surface area contributed by atoms with E-state index in [2.05, 4.69) is 23.2 Å². The lowest BCUT2D eigenvalue weighted by Crippen LogP contribution is -2.37. The molecule has 1 saturated heterocycles. The molecule has 1 fully saturated rings. The summed E-state index contributed by atoms with van der Waals surface area (Å²) in [6, 6.07) is 6.76. The van der Waals surface area contributed by atoms with Crippen LogP contribution in [0, 0.1) is 0 Å². The van der Waals surface area contributed by atoms with E-state index in [4.69, 9.17) is 9.47 Å². The van der Waals surface area contributed by atoms with E-state index >= 15 is 0 Å². The number of para-hydroxylation sites is 1. The average Bonchev–Trinajstić information content (AvgIpc) is 2.95. The first-order chi connectivity index (χ1) is 10.7. The van der Waals surface area contributed by atoms with Crippen molar-refractivity contribution < 1.29 is 9.47 Å². The van der Waals surface area contributed by atoms with Gasteiger partial charge < -0.3 is 14.8 Å². The van der Waals surface area contributed by atoms with Gasteiger partial charge in [0, 0.05) is 24.7 Å². The molecule has 1 aromatic carbocycles. The van der Waals surface area contributed by atoms with Gasteiger partial charge in [0.05, 0.1) is 13.2 Å². The van der Waals surface area contributed by atoms with E-state index in [9.17, 15) is 0 Å². The Morgan fingerprint density at radius 2 is 2.18 bits per heavy atom. The second-order valence-electron chi connectivity index (χ2n) is 6.17. The number of ether oxygens (including phenoxy) is 2. The minimum absolute atomic E-state index is 0.139. The Labute approximate surface area is 134 Å². The van der Waals surface area contributed by atoms with E-state index < -0.39 is 0 Å². The van der Waals surface area contributed by atoms with Crippen molar-refractivity contribution in [2.75, 3.05) is 26.7 Å². The minimum Gasteiger partial charge on any atom is -0.493 e. The Hall–Kier alpha value is -1.26. The van der Waals surface area contributed by atoms with Crippen molar-refractivity contribution in [2.24, 2.45) is 0 Å². The van der Waals surface area contributed by atoms with E-state index in [0.29, 0.717) is 6.04 Å². The standard InChI is InChI=1S/C18H30N2O2/c1-5-20-11-7-9-16(20)13-19-12-15-8-6-10-17(21-4)18(15)22-14(2)3/h6,8,10,14,16,19H,5,7,9,11-13H2,1-4H3. The van der Waals surface area contributed by atoms with Gasteiger partial charge in [0.15, 0.2) is 11.5 Å². The monoisotopic (exact) mass is 306 g/mol.